The number of anilines is 1. The molecule has 2 aromatic rings. The number of nitrogens with zero attached hydrogens (tertiary/aromatic N) is 3. The van der Waals surface area contributed by atoms with Crippen LogP contribution in [0.4, 0.5) is 10.1 Å². The van der Waals surface area contributed by atoms with Crippen molar-refractivity contribution in [3.05, 3.63) is 41.8 Å². The first-order chi connectivity index (χ1) is 12.8. The lowest BCUT2D eigenvalue weighted by Gasteiger charge is -2.22. The van der Waals surface area contributed by atoms with Gasteiger partial charge in [-0.05, 0) is 36.7 Å². The van der Waals surface area contributed by atoms with E-state index in [1.165, 1.54) is 13.2 Å². The lowest BCUT2D eigenvalue weighted by atomic mass is 10.1. The van der Waals surface area contributed by atoms with Gasteiger partial charge < -0.3 is 9.47 Å². The van der Waals surface area contributed by atoms with Crippen LogP contribution in [0.2, 0.25) is 25.7 Å². The smallest absolute Gasteiger partial charge is 0.140 e. The van der Waals surface area contributed by atoms with Crippen molar-refractivity contribution in [2.75, 3.05) is 25.5 Å². The number of rotatable bonds is 9. The van der Waals surface area contributed by atoms with E-state index in [1.807, 2.05) is 13.0 Å². The van der Waals surface area contributed by atoms with E-state index in [0.717, 1.165) is 17.3 Å². The normalized spacial score (nSPS) is 11.3. The Bertz CT molecular complexity index is 793. The van der Waals surface area contributed by atoms with E-state index < -0.39 is 8.07 Å². The summed E-state index contributed by atoms with van der Waals surface area (Å²) in [4.78, 5) is 4.42. The molecule has 0 saturated carbocycles. The second-order valence-corrected chi connectivity index (χ2v) is 13.2. The van der Waals surface area contributed by atoms with E-state index in [4.69, 9.17) is 9.47 Å². The zero-order valence-electron chi connectivity index (χ0n) is 16.8. The molecule has 0 unspecified atom stereocenters. The summed E-state index contributed by atoms with van der Waals surface area (Å²) in [6.45, 7) is 13.5. The Balaban J connectivity index is 2.19. The highest BCUT2D eigenvalue weighted by molar-refractivity contribution is 6.76. The fourth-order valence-electron chi connectivity index (χ4n) is 2.59. The van der Waals surface area contributed by atoms with E-state index in [1.54, 1.807) is 23.3 Å². The van der Waals surface area contributed by atoms with Crippen LogP contribution in [0.5, 0.6) is 5.75 Å². The van der Waals surface area contributed by atoms with Crippen molar-refractivity contribution in [2.45, 2.75) is 32.6 Å². The van der Waals surface area contributed by atoms with Gasteiger partial charge in [0, 0.05) is 21.4 Å². The van der Waals surface area contributed by atoms with E-state index in [0.29, 0.717) is 30.3 Å². The molecule has 1 heterocycles. The molecule has 0 atom stereocenters. The fraction of sp³-hybridized carbons (Fsp3) is 0.400. The molecule has 0 aliphatic rings. The highest BCUT2D eigenvalue weighted by Gasteiger charge is 2.17. The van der Waals surface area contributed by atoms with Gasteiger partial charge >= 0.3 is 0 Å². The molecule has 0 amide bonds. The number of hydrazone groups is 1. The third kappa shape index (κ3) is 5.61. The minimum atomic E-state index is -1.14. The fourth-order valence-corrected chi connectivity index (χ4v) is 3.35. The van der Waals surface area contributed by atoms with Gasteiger partial charge in [-0.15, -0.1) is 0 Å². The summed E-state index contributed by atoms with van der Waals surface area (Å²) in [7, 11) is 0.376. The molecule has 0 aliphatic carbocycles. The first-order valence-electron chi connectivity index (χ1n) is 8.88. The van der Waals surface area contributed by atoms with E-state index >= 15 is 0 Å². The summed E-state index contributed by atoms with van der Waals surface area (Å²) >= 11 is 0. The van der Waals surface area contributed by atoms with Crippen LogP contribution in [0.25, 0.3) is 11.3 Å². The summed E-state index contributed by atoms with van der Waals surface area (Å²) in [6, 6.07) is 7.62. The molecule has 146 valence electrons. The summed E-state index contributed by atoms with van der Waals surface area (Å²) in [5, 5.41) is 5.70. The Morgan fingerprint density at radius 3 is 2.63 bits per heavy atom. The minimum Gasteiger partial charge on any atom is -0.496 e. The molecule has 27 heavy (non-hydrogen) atoms. The van der Waals surface area contributed by atoms with Crippen LogP contribution in [0, 0.1) is 12.7 Å². The van der Waals surface area contributed by atoms with Gasteiger partial charge in [-0.1, -0.05) is 25.7 Å². The van der Waals surface area contributed by atoms with Crippen LogP contribution in [-0.4, -0.2) is 40.2 Å². The maximum atomic E-state index is 14.3. The van der Waals surface area contributed by atoms with E-state index in [-0.39, 0.29) is 5.82 Å². The SMILES string of the molecule is C=NN(COCC[Si](C)(C)C)c1cnc(-c2c(F)cccc2OC)cc1C. The molecule has 0 fully saturated rings. The molecule has 0 saturated heterocycles. The topological polar surface area (TPSA) is 47.0 Å². The largest absolute Gasteiger partial charge is 0.496 e. The third-order valence-electron chi connectivity index (χ3n) is 4.19. The Morgan fingerprint density at radius 2 is 2.04 bits per heavy atom. The maximum absolute atomic E-state index is 14.3. The highest BCUT2D eigenvalue weighted by atomic mass is 28.3. The van der Waals surface area contributed by atoms with E-state index in [2.05, 4.69) is 36.4 Å². The monoisotopic (exact) mass is 389 g/mol. The molecule has 0 radical (unpaired) electrons. The van der Waals surface area contributed by atoms with Gasteiger partial charge in [0.15, 0.2) is 0 Å². The summed E-state index contributed by atoms with van der Waals surface area (Å²) < 4.78 is 25.3. The molecule has 1 aromatic heterocycles. The number of benzene rings is 1. The average molecular weight is 390 g/mol. The van der Waals surface area contributed by atoms with Gasteiger partial charge in [0.1, 0.15) is 18.3 Å². The lowest BCUT2D eigenvalue weighted by molar-refractivity contribution is 0.147. The Kier molecular flexibility index (Phi) is 7.09. The molecular formula is C20H28FN3O2Si. The highest BCUT2D eigenvalue weighted by Crippen LogP contribution is 2.33. The van der Waals surface area contributed by atoms with Gasteiger partial charge in [0.2, 0.25) is 0 Å². The number of aromatic nitrogens is 1. The molecule has 0 bridgehead atoms. The quantitative estimate of drug-likeness (QED) is 0.200. The number of hydrogen-bond donors (Lipinski definition) is 0. The van der Waals surface area contributed by atoms with Gasteiger partial charge in [-0.3, -0.25) is 4.98 Å². The molecule has 0 spiro atoms. The number of halogens is 1. The van der Waals surface area contributed by atoms with Crippen molar-refractivity contribution in [3.63, 3.8) is 0 Å². The number of ether oxygens (including phenoxy) is 2. The second kappa shape index (κ2) is 9.10. The summed E-state index contributed by atoms with van der Waals surface area (Å²) in [5.41, 5.74) is 2.53. The average Bonchev–Trinajstić information content (AvgIpc) is 2.61. The van der Waals surface area contributed by atoms with Crippen molar-refractivity contribution in [2.24, 2.45) is 5.10 Å². The molecule has 0 aliphatic heterocycles. The Morgan fingerprint density at radius 1 is 1.30 bits per heavy atom. The lowest BCUT2D eigenvalue weighted by Crippen LogP contribution is -2.25. The number of hydrogen-bond acceptors (Lipinski definition) is 5. The van der Waals surface area contributed by atoms with Crippen molar-refractivity contribution < 1.29 is 13.9 Å². The van der Waals surface area contributed by atoms with Crippen LogP contribution >= 0.6 is 0 Å². The number of methoxy groups -OCH3 is 1. The molecule has 0 N–H and O–H groups in total. The molecular weight excluding hydrogens is 361 g/mol. The zero-order chi connectivity index (χ0) is 20.0. The van der Waals surface area contributed by atoms with Crippen LogP contribution in [0.3, 0.4) is 0 Å². The van der Waals surface area contributed by atoms with Gasteiger partial charge in [0.05, 0.1) is 30.3 Å². The Labute approximate surface area is 161 Å². The van der Waals surface area contributed by atoms with Crippen LogP contribution < -0.4 is 9.75 Å². The van der Waals surface area contributed by atoms with Gasteiger partial charge in [-0.25, -0.2) is 9.40 Å². The van der Waals surface area contributed by atoms with Crippen molar-refractivity contribution in [1.82, 2.24) is 4.98 Å². The predicted molar refractivity (Wildman–Crippen MR) is 112 cm³/mol. The third-order valence-corrected chi connectivity index (χ3v) is 5.90. The summed E-state index contributed by atoms with van der Waals surface area (Å²) in [5.74, 6) is 0.0745. The van der Waals surface area contributed by atoms with Crippen LogP contribution in [0.15, 0.2) is 35.6 Å². The molecule has 7 heteroatoms. The second-order valence-electron chi connectivity index (χ2n) is 7.56. The minimum absolute atomic E-state index is 0.304. The predicted octanol–water partition coefficient (Wildman–Crippen LogP) is 4.94. The zero-order valence-corrected chi connectivity index (χ0v) is 17.8. The summed E-state index contributed by atoms with van der Waals surface area (Å²) in [6.07, 6.45) is 1.66. The van der Waals surface area contributed by atoms with Gasteiger partial charge in [0.25, 0.3) is 0 Å². The molecule has 5 nitrogen and oxygen atoms in total. The van der Waals surface area contributed by atoms with Crippen LogP contribution in [-0.2, 0) is 4.74 Å². The van der Waals surface area contributed by atoms with E-state index in [9.17, 15) is 4.39 Å². The first-order valence-corrected chi connectivity index (χ1v) is 12.6. The number of aryl methyl sites for hydroxylation is 1. The first kappa shape index (κ1) is 21.1. The van der Waals surface area contributed by atoms with Crippen LogP contribution in [0.1, 0.15) is 5.56 Å². The van der Waals surface area contributed by atoms with Crippen molar-refractivity contribution in [1.29, 1.82) is 0 Å². The molecule has 1 aromatic carbocycles. The standard InChI is InChI=1S/C20H28FN3O2Si/c1-15-12-17(20-16(21)8-7-9-19(20)25-3)23-13-18(15)24(22-2)14-26-10-11-27(4,5)6/h7-9,12-13H,2,10-11,14H2,1,3-6H3. The van der Waals surface area contributed by atoms with Crippen molar-refractivity contribution >= 4 is 20.5 Å². The maximum Gasteiger partial charge on any atom is 0.140 e. The molecule has 2 rings (SSSR count). The number of pyridine rings is 1. The Hall–Kier alpha value is -2.25. The van der Waals surface area contributed by atoms with Crippen molar-refractivity contribution in [3.8, 4) is 17.0 Å². The van der Waals surface area contributed by atoms with Gasteiger partial charge in [-0.2, -0.15) is 5.10 Å².